The third kappa shape index (κ3) is 4.30. The number of anilines is 2. The van der Waals surface area contributed by atoms with Crippen LogP contribution in [0, 0.1) is 0 Å². The van der Waals surface area contributed by atoms with Crippen molar-refractivity contribution in [3.63, 3.8) is 0 Å². The van der Waals surface area contributed by atoms with Crippen LogP contribution in [0.25, 0.3) is 17.1 Å². The van der Waals surface area contributed by atoms with E-state index in [0.29, 0.717) is 16.6 Å². The smallest absolute Gasteiger partial charge is 0.241 e. The van der Waals surface area contributed by atoms with Gasteiger partial charge in [-0.2, -0.15) is 0 Å². The van der Waals surface area contributed by atoms with E-state index in [1.54, 1.807) is 0 Å². The molecule has 0 atom stereocenters. The Hall–Kier alpha value is -2.86. The fourth-order valence-corrected chi connectivity index (χ4v) is 11.9. The summed E-state index contributed by atoms with van der Waals surface area (Å²) in [5.74, 6) is -0.451. The van der Waals surface area contributed by atoms with Crippen molar-refractivity contribution in [2.75, 3.05) is 5.32 Å². The Balaban J connectivity index is 2.24. The number of pyridine rings is 1. The number of nitrogens with two attached hydrogens (primary N) is 1. The van der Waals surface area contributed by atoms with Gasteiger partial charge in [0.2, 0.25) is 5.91 Å². The zero-order chi connectivity index (χ0) is 22.8. The number of carbonyl (C=O) groups is 1. The highest BCUT2D eigenvalue weighted by atomic mass is 28.3. The topological polar surface area (TPSA) is 72.9 Å². The molecule has 1 aromatic carbocycles. The summed E-state index contributed by atoms with van der Waals surface area (Å²) in [4.78, 5) is 16.4. The molecule has 2 heterocycles. The number of primary amides is 1. The van der Waals surface area contributed by atoms with Gasteiger partial charge in [-0.05, 0) is 40.9 Å². The van der Waals surface area contributed by atoms with Crippen LogP contribution in [0.5, 0.6) is 0 Å². The molecule has 5 nitrogen and oxygen atoms in total. The molecule has 0 fully saturated rings. The van der Waals surface area contributed by atoms with E-state index in [1.807, 2.05) is 42.6 Å². The number of benzene rings is 1. The summed E-state index contributed by atoms with van der Waals surface area (Å²) in [6.45, 7) is 14.0. The minimum Gasteiger partial charge on any atom is -0.366 e. The van der Waals surface area contributed by atoms with Gasteiger partial charge in [0.1, 0.15) is 5.65 Å². The van der Waals surface area contributed by atoms with Crippen LogP contribution in [0.1, 0.15) is 47.1 Å². The first-order valence-electron chi connectivity index (χ1n) is 11.0. The summed E-state index contributed by atoms with van der Waals surface area (Å²) in [7, 11) is -2.01. The van der Waals surface area contributed by atoms with Gasteiger partial charge in [0, 0.05) is 28.9 Å². The van der Waals surface area contributed by atoms with Gasteiger partial charge >= 0.3 is 0 Å². The minimum absolute atomic E-state index is 0.451. The van der Waals surface area contributed by atoms with Crippen molar-refractivity contribution in [1.82, 2.24) is 9.22 Å². The number of nitrogens with zero attached hydrogens (tertiary/aromatic N) is 2. The molecule has 6 heteroatoms. The van der Waals surface area contributed by atoms with E-state index in [9.17, 15) is 4.79 Å². The minimum atomic E-state index is -2.01. The van der Waals surface area contributed by atoms with Crippen molar-refractivity contribution in [3.05, 3.63) is 60.4 Å². The van der Waals surface area contributed by atoms with Crippen molar-refractivity contribution >= 4 is 42.6 Å². The number of hydrogen-bond acceptors (Lipinski definition) is 3. The molecule has 0 saturated carbocycles. The lowest BCUT2D eigenvalue weighted by Gasteiger charge is -2.44. The Labute approximate surface area is 186 Å². The Morgan fingerprint density at radius 3 is 2.19 bits per heavy atom. The van der Waals surface area contributed by atoms with Crippen molar-refractivity contribution in [2.45, 2.75) is 58.2 Å². The molecular weight excluding hydrogens is 400 g/mol. The molecule has 0 unspecified atom stereocenters. The van der Waals surface area contributed by atoms with E-state index in [4.69, 9.17) is 10.7 Å². The molecule has 31 heavy (non-hydrogen) atoms. The average Bonchev–Trinajstić information content (AvgIpc) is 3.05. The van der Waals surface area contributed by atoms with E-state index in [1.165, 1.54) is 6.08 Å². The lowest BCUT2D eigenvalue weighted by molar-refractivity contribution is -0.113. The van der Waals surface area contributed by atoms with Gasteiger partial charge in [-0.1, -0.05) is 59.7 Å². The molecule has 3 N–H and O–H groups in total. The van der Waals surface area contributed by atoms with Gasteiger partial charge in [-0.15, -0.1) is 0 Å². The van der Waals surface area contributed by atoms with Gasteiger partial charge < -0.3 is 15.3 Å². The van der Waals surface area contributed by atoms with Gasteiger partial charge in [0.15, 0.2) is 8.24 Å². The molecule has 0 radical (unpaired) electrons. The van der Waals surface area contributed by atoms with Gasteiger partial charge in [-0.3, -0.25) is 4.79 Å². The zero-order valence-corrected chi connectivity index (χ0v) is 20.4. The highest BCUT2D eigenvalue weighted by Gasteiger charge is 2.46. The second-order valence-electron chi connectivity index (χ2n) is 9.13. The van der Waals surface area contributed by atoms with Crippen LogP contribution in [0.15, 0.2) is 54.9 Å². The predicted octanol–water partition coefficient (Wildman–Crippen LogP) is 6.30. The van der Waals surface area contributed by atoms with Crippen LogP contribution in [0.3, 0.4) is 0 Å². The third-order valence-electron chi connectivity index (χ3n) is 6.36. The normalized spacial score (nSPS) is 12.5. The first-order valence-corrected chi connectivity index (χ1v) is 13.2. The van der Waals surface area contributed by atoms with Crippen LogP contribution in [-0.4, -0.2) is 23.4 Å². The molecule has 3 rings (SSSR count). The number of aromatic nitrogens is 2. The van der Waals surface area contributed by atoms with E-state index in [0.717, 1.165) is 28.0 Å². The number of para-hydroxylation sites is 1. The Bertz CT molecular complexity index is 1060. The monoisotopic (exact) mass is 434 g/mol. The number of amides is 1. The van der Waals surface area contributed by atoms with Crippen LogP contribution in [0.4, 0.5) is 11.4 Å². The van der Waals surface area contributed by atoms with E-state index >= 15 is 0 Å². The van der Waals surface area contributed by atoms with Crippen molar-refractivity contribution in [3.8, 4) is 0 Å². The largest absolute Gasteiger partial charge is 0.366 e. The second kappa shape index (κ2) is 9.10. The molecule has 164 valence electrons. The Morgan fingerprint density at radius 2 is 1.65 bits per heavy atom. The lowest BCUT2D eigenvalue weighted by atomic mass is 10.2. The number of carbonyl (C=O) groups excluding carboxylic acids is 1. The molecule has 3 aromatic rings. The molecule has 1 amide bonds. The zero-order valence-electron chi connectivity index (χ0n) is 19.4. The van der Waals surface area contributed by atoms with Crippen molar-refractivity contribution in [2.24, 2.45) is 5.73 Å². The predicted molar refractivity (Wildman–Crippen MR) is 134 cm³/mol. The summed E-state index contributed by atoms with van der Waals surface area (Å²) in [5, 5.41) is 4.45. The second-order valence-corrected chi connectivity index (χ2v) is 14.8. The first-order chi connectivity index (χ1) is 14.7. The molecule has 2 aromatic heterocycles. The van der Waals surface area contributed by atoms with Gasteiger partial charge in [0.05, 0.1) is 11.9 Å². The summed E-state index contributed by atoms with van der Waals surface area (Å²) >= 11 is 0. The van der Waals surface area contributed by atoms with Crippen LogP contribution >= 0.6 is 0 Å². The van der Waals surface area contributed by atoms with Crippen LogP contribution in [0.2, 0.25) is 16.6 Å². The third-order valence-corrected chi connectivity index (χ3v) is 13.1. The summed E-state index contributed by atoms with van der Waals surface area (Å²) < 4.78 is 2.47. The molecule has 0 aliphatic carbocycles. The Kier molecular flexibility index (Phi) is 6.70. The highest BCUT2D eigenvalue weighted by molar-refractivity contribution is 6.82. The van der Waals surface area contributed by atoms with Gasteiger partial charge in [-0.25, -0.2) is 4.98 Å². The molecule has 0 saturated heterocycles. The lowest BCUT2D eigenvalue weighted by Crippen LogP contribution is -2.51. The highest BCUT2D eigenvalue weighted by Crippen LogP contribution is 2.44. The quantitative estimate of drug-likeness (QED) is 0.323. The number of rotatable bonds is 8. The number of hydrogen-bond donors (Lipinski definition) is 2. The van der Waals surface area contributed by atoms with E-state index in [2.05, 4.69) is 63.4 Å². The van der Waals surface area contributed by atoms with Crippen LogP contribution in [-0.2, 0) is 4.79 Å². The van der Waals surface area contributed by atoms with Crippen LogP contribution < -0.4 is 11.1 Å². The van der Waals surface area contributed by atoms with E-state index < -0.39 is 14.1 Å². The van der Waals surface area contributed by atoms with Crippen molar-refractivity contribution in [1.29, 1.82) is 0 Å². The molecule has 0 bridgehead atoms. The standard InChI is InChI=1S/C25H34N4OSi/c1-17(2)31(18(3)4,19(5)6)29-16-20(12-13-24(26)30)23-14-22(15-27-25(23)29)28-21-10-8-7-9-11-21/h7-19,28H,1-6H3,(H2,26,30). The average molecular weight is 435 g/mol. The Morgan fingerprint density at radius 1 is 1.03 bits per heavy atom. The molecule has 0 spiro atoms. The number of nitrogens with one attached hydrogen (secondary N) is 1. The maximum Gasteiger partial charge on any atom is 0.241 e. The maximum absolute atomic E-state index is 11.5. The number of fused-ring (bicyclic) bond motifs is 1. The maximum atomic E-state index is 11.5. The van der Waals surface area contributed by atoms with E-state index in [-0.39, 0.29) is 0 Å². The summed E-state index contributed by atoms with van der Waals surface area (Å²) in [6.07, 6.45) is 7.33. The van der Waals surface area contributed by atoms with Crippen molar-refractivity contribution < 1.29 is 4.79 Å². The van der Waals surface area contributed by atoms with Gasteiger partial charge in [0.25, 0.3) is 0 Å². The fourth-order valence-electron chi connectivity index (χ4n) is 5.32. The summed E-state index contributed by atoms with van der Waals surface area (Å²) in [6, 6.07) is 12.2. The fraction of sp³-hybridized carbons (Fsp3) is 0.360. The molecular formula is C25H34N4OSi. The molecule has 0 aliphatic rings. The molecule has 0 aliphatic heterocycles. The SMILES string of the molecule is CC(C)[Si](C(C)C)(C(C)C)n1cc(C=CC(N)=O)c2cc(Nc3ccccc3)cnc21. The summed E-state index contributed by atoms with van der Waals surface area (Å²) in [5.41, 5.74) is 10.9. The first kappa shape index (κ1) is 22.8.